The van der Waals surface area contributed by atoms with Crippen LogP contribution in [0.25, 0.3) is 0 Å². The zero-order valence-electron chi connectivity index (χ0n) is 18.4. The van der Waals surface area contributed by atoms with Gasteiger partial charge in [-0.2, -0.15) is 4.31 Å². The third kappa shape index (κ3) is 6.04. The van der Waals surface area contributed by atoms with Crippen LogP contribution in [0.15, 0.2) is 48.5 Å². The Morgan fingerprint density at radius 3 is 1.84 bits per heavy atom. The second-order valence-corrected chi connectivity index (χ2v) is 11.8. The van der Waals surface area contributed by atoms with Crippen LogP contribution in [-0.2, 0) is 22.9 Å². The first-order valence-electron chi connectivity index (χ1n) is 11.2. The third-order valence-corrected chi connectivity index (χ3v) is 8.46. The zero-order valence-corrected chi connectivity index (χ0v) is 20.7. The highest BCUT2D eigenvalue weighted by Crippen LogP contribution is 2.28. The lowest BCUT2D eigenvalue weighted by Crippen LogP contribution is -2.64. The van der Waals surface area contributed by atoms with Crippen molar-refractivity contribution in [2.75, 3.05) is 32.4 Å². The van der Waals surface area contributed by atoms with E-state index < -0.39 is 10.0 Å². The normalized spacial score (nSPS) is 24.0. The maximum absolute atomic E-state index is 12.8. The van der Waals surface area contributed by atoms with Gasteiger partial charge >= 0.3 is 0 Å². The van der Waals surface area contributed by atoms with E-state index in [-0.39, 0.29) is 12.1 Å². The van der Waals surface area contributed by atoms with Crippen molar-refractivity contribution < 1.29 is 8.42 Å². The molecule has 2 aromatic rings. The van der Waals surface area contributed by atoms with Crippen LogP contribution in [0.4, 0.5) is 0 Å². The Kier molecular flexibility index (Phi) is 7.81. The summed E-state index contributed by atoms with van der Waals surface area (Å²) in [6.07, 6.45) is 4.99. The molecule has 0 spiro atoms. The molecule has 2 aliphatic heterocycles. The molecule has 0 amide bonds. The number of hydrogen-bond donors (Lipinski definition) is 1. The van der Waals surface area contributed by atoms with Gasteiger partial charge in [0.2, 0.25) is 10.0 Å². The summed E-state index contributed by atoms with van der Waals surface area (Å²) in [4.78, 5) is 2.58. The van der Waals surface area contributed by atoms with Gasteiger partial charge in [0.25, 0.3) is 0 Å². The van der Waals surface area contributed by atoms with Crippen LogP contribution in [0.3, 0.4) is 0 Å². The number of piperidine rings is 1. The molecule has 8 heteroatoms. The summed E-state index contributed by atoms with van der Waals surface area (Å²) in [7, 11) is -3.34. The molecule has 2 saturated heterocycles. The van der Waals surface area contributed by atoms with Gasteiger partial charge < -0.3 is 5.32 Å². The number of rotatable bonds is 6. The van der Waals surface area contributed by atoms with E-state index in [1.165, 1.54) is 11.8 Å². The van der Waals surface area contributed by atoms with Gasteiger partial charge in [-0.1, -0.05) is 47.5 Å². The smallest absolute Gasteiger partial charge is 0.211 e. The van der Waals surface area contributed by atoms with E-state index in [2.05, 4.69) is 10.2 Å². The van der Waals surface area contributed by atoms with Crippen molar-refractivity contribution in [2.24, 2.45) is 0 Å². The van der Waals surface area contributed by atoms with Crippen LogP contribution in [0, 0.1) is 0 Å². The lowest BCUT2D eigenvalue weighted by atomic mass is 9.93. The largest absolute Gasteiger partial charge is 0.317 e. The van der Waals surface area contributed by atoms with Gasteiger partial charge in [-0.25, -0.2) is 8.42 Å². The van der Waals surface area contributed by atoms with Crippen molar-refractivity contribution in [3.05, 3.63) is 69.7 Å². The van der Waals surface area contributed by atoms with Gasteiger partial charge in [-0.05, 0) is 74.2 Å². The first kappa shape index (κ1) is 24.0. The fourth-order valence-electron chi connectivity index (χ4n) is 5.07. The third-order valence-electron chi connectivity index (χ3n) is 6.66. The second-order valence-electron chi connectivity index (χ2n) is 8.98. The summed E-state index contributed by atoms with van der Waals surface area (Å²) in [5.74, 6) is 0. The summed E-state index contributed by atoms with van der Waals surface area (Å²) >= 11 is 12.1. The van der Waals surface area contributed by atoms with Crippen LogP contribution in [0.1, 0.15) is 24.0 Å². The average Bonchev–Trinajstić information content (AvgIpc) is 2.77. The summed E-state index contributed by atoms with van der Waals surface area (Å²) in [5, 5.41) is 4.86. The Morgan fingerprint density at radius 2 is 1.34 bits per heavy atom. The van der Waals surface area contributed by atoms with Crippen molar-refractivity contribution in [3.8, 4) is 0 Å². The van der Waals surface area contributed by atoms with E-state index in [1.54, 1.807) is 4.31 Å². The molecule has 2 fully saturated rings. The van der Waals surface area contributed by atoms with E-state index in [1.807, 2.05) is 48.5 Å². The van der Waals surface area contributed by atoms with Crippen LogP contribution in [0.5, 0.6) is 0 Å². The van der Waals surface area contributed by atoms with Crippen LogP contribution in [-0.4, -0.2) is 68.2 Å². The average molecular weight is 497 g/mol. The molecule has 2 atom stereocenters. The standard InChI is InChI=1S/C24H31Cl2N3O2S/c1-32(30,31)29-17-23(14-18-2-6-20(25)7-3-18)28(22-10-12-27-13-11-22)16-24(29)15-19-4-8-21(26)9-5-19/h2-9,22-24,27H,10-17H2,1H3/t23-,24?/m0/s1. The highest BCUT2D eigenvalue weighted by molar-refractivity contribution is 7.88. The number of hydrogen-bond acceptors (Lipinski definition) is 4. The second kappa shape index (κ2) is 10.4. The molecule has 0 radical (unpaired) electrons. The van der Waals surface area contributed by atoms with E-state index in [9.17, 15) is 8.42 Å². The number of piperazine rings is 1. The van der Waals surface area contributed by atoms with E-state index >= 15 is 0 Å². The van der Waals surface area contributed by atoms with Gasteiger partial charge in [0.15, 0.2) is 0 Å². The highest BCUT2D eigenvalue weighted by atomic mass is 35.5. The van der Waals surface area contributed by atoms with E-state index in [0.29, 0.717) is 29.1 Å². The Labute approximate surface area is 201 Å². The molecule has 2 aromatic carbocycles. The Bertz CT molecular complexity index is 993. The number of benzene rings is 2. The van der Waals surface area contributed by atoms with Crippen LogP contribution >= 0.6 is 23.2 Å². The topological polar surface area (TPSA) is 52.7 Å². The summed E-state index contributed by atoms with van der Waals surface area (Å²) < 4.78 is 27.4. The first-order chi connectivity index (χ1) is 15.3. The molecule has 4 rings (SSSR count). The molecular weight excluding hydrogens is 465 g/mol. The summed E-state index contributed by atoms with van der Waals surface area (Å²) in [5.41, 5.74) is 2.29. The quantitative estimate of drug-likeness (QED) is 0.661. The lowest BCUT2D eigenvalue weighted by molar-refractivity contribution is 0.0291. The maximum atomic E-state index is 12.8. The first-order valence-corrected chi connectivity index (χ1v) is 13.8. The van der Waals surface area contributed by atoms with Crippen LogP contribution in [0.2, 0.25) is 10.0 Å². The minimum atomic E-state index is -3.34. The molecule has 2 heterocycles. The number of nitrogens with zero attached hydrogens (tertiary/aromatic N) is 2. The van der Waals surface area contributed by atoms with Gasteiger partial charge in [-0.15, -0.1) is 0 Å². The summed E-state index contributed by atoms with van der Waals surface area (Å²) in [6.45, 7) is 3.25. The van der Waals surface area contributed by atoms with E-state index in [0.717, 1.165) is 44.5 Å². The molecule has 174 valence electrons. The van der Waals surface area contributed by atoms with Gasteiger partial charge in [0.05, 0.1) is 6.26 Å². The Hall–Kier alpha value is -1.15. The summed E-state index contributed by atoms with van der Waals surface area (Å²) in [6, 6.07) is 16.2. The molecule has 0 aliphatic carbocycles. The fourth-order valence-corrected chi connectivity index (χ4v) is 6.45. The van der Waals surface area contributed by atoms with Crippen molar-refractivity contribution in [1.82, 2.24) is 14.5 Å². The molecule has 5 nitrogen and oxygen atoms in total. The molecule has 32 heavy (non-hydrogen) atoms. The predicted octanol–water partition coefficient (Wildman–Crippen LogP) is 3.85. The molecule has 1 N–H and O–H groups in total. The number of nitrogens with one attached hydrogen (secondary N) is 1. The molecule has 0 aromatic heterocycles. The van der Waals surface area contributed by atoms with Crippen molar-refractivity contribution in [3.63, 3.8) is 0 Å². The zero-order chi connectivity index (χ0) is 22.7. The Balaban J connectivity index is 1.61. The van der Waals surface area contributed by atoms with Crippen molar-refractivity contribution >= 4 is 33.2 Å². The minimum absolute atomic E-state index is 0.0949. The SMILES string of the molecule is CS(=O)(=O)N1C[C@H](Cc2ccc(Cl)cc2)N(C2CCNCC2)CC1Cc1ccc(Cl)cc1. The van der Waals surface area contributed by atoms with Gasteiger partial charge in [0.1, 0.15) is 0 Å². The molecular formula is C24H31Cl2N3O2S. The monoisotopic (exact) mass is 495 g/mol. The molecule has 2 aliphatic rings. The van der Waals surface area contributed by atoms with Gasteiger partial charge in [-0.3, -0.25) is 4.90 Å². The van der Waals surface area contributed by atoms with Gasteiger partial charge in [0, 0.05) is 41.3 Å². The lowest BCUT2D eigenvalue weighted by Gasteiger charge is -2.49. The highest BCUT2D eigenvalue weighted by Gasteiger charge is 2.41. The number of sulfonamides is 1. The maximum Gasteiger partial charge on any atom is 0.211 e. The Morgan fingerprint density at radius 1 is 0.844 bits per heavy atom. The van der Waals surface area contributed by atoms with E-state index in [4.69, 9.17) is 23.2 Å². The van der Waals surface area contributed by atoms with Crippen molar-refractivity contribution in [2.45, 2.75) is 43.8 Å². The number of halogens is 2. The molecule has 0 saturated carbocycles. The minimum Gasteiger partial charge on any atom is -0.317 e. The van der Waals surface area contributed by atoms with Crippen molar-refractivity contribution in [1.29, 1.82) is 0 Å². The predicted molar refractivity (Wildman–Crippen MR) is 132 cm³/mol. The molecule has 1 unspecified atom stereocenters. The fraction of sp³-hybridized carbons (Fsp3) is 0.500. The van der Waals surface area contributed by atoms with Crippen LogP contribution < -0.4 is 5.32 Å². The molecule has 0 bridgehead atoms.